The van der Waals surface area contributed by atoms with E-state index in [2.05, 4.69) is 0 Å². The van der Waals surface area contributed by atoms with Gasteiger partial charge in [0.2, 0.25) is 0 Å². The standard InChI is InChI=1S/C19H23BF2O4/c1-18(2,23)19(3,4)26-20(24)17-15(21)10-14(11-16(17)22)25-12-13-8-6-5-7-9-13/h5-11,23-24H,12H2,1-4H3. The van der Waals surface area contributed by atoms with Crippen molar-refractivity contribution in [3.05, 3.63) is 59.7 Å². The molecule has 0 saturated carbocycles. The summed E-state index contributed by atoms with van der Waals surface area (Å²) in [4.78, 5) is 0. The van der Waals surface area contributed by atoms with Crippen molar-refractivity contribution in [3.8, 4) is 5.75 Å². The summed E-state index contributed by atoms with van der Waals surface area (Å²) in [6, 6.07) is 11.2. The van der Waals surface area contributed by atoms with Crippen LogP contribution in [-0.4, -0.2) is 28.5 Å². The molecule has 0 amide bonds. The van der Waals surface area contributed by atoms with Crippen LogP contribution in [-0.2, 0) is 11.3 Å². The quantitative estimate of drug-likeness (QED) is 0.742. The van der Waals surface area contributed by atoms with E-state index in [1.165, 1.54) is 27.7 Å². The van der Waals surface area contributed by atoms with Gasteiger partial charge in [0.15, 0.2) is 0 Å². The summed E-state index contributed by atoms with van der Waals surface area (Å²) < 4.78 is 39.4. The van der Waals surface area contributed by atoms with Gasteiger partial charge in [0, 0.05) is 12.1 Å². The van der Waals surface area contributed by atoms with Crippen LogP contribution in [0.3, 0.4) is 0 Å². The Labute approximate surface area is 152 Å². The minimum Gasteiger partial charge on any atom is -0.489 e. The highest BCUT2D eigenvalue weighted by Crippen LogP contribution is 2.26. The molecule has 2 N–H and O–H groups in total. The molecule has 0 bridgehead atoms. The molecular formula is C19H23BF2O4. The summed E-state index contributed by atoms with van der Waals surface area (Å²) in [5, 5.41) is 20.2. The number of benzene rings is 2. The molecule has 0 radical (unpaired) electrons. The molecule has 0 atom stereocenters. The Morgan fingerprint density at radius 3 is 2.04 bits per heavy atom. The Morgan fingerprint density at radius 1 is 1.00 bits per heavy atom. The maximum absolute atomic E-state index is 14.3. The highest BCUT2D eigenvalue weighted by molar-refractivity contribution is 6.60. The number of hydrogen-bond donors (Lipinski definition) is 2. The van der Waals surface area contributed by atoms with E-state index in [9.17, 15) is 18.9 Å². The van der Waals surface area contributed by atoms with Crippen LogP contribution in [0.5, 0.6) is 5.75 Å². The van der Waals surface area contributed by atoms with E-state index in [1.807, 2.05) is 30.3 Å². The molecule has 0 aliphatic carbocycles. The average Bonchev–Trinajstić information content (AvgIpc) is 2.51. The Hall–Kier alpha value is -1.96. The van der Waals surface area contributed by atoms with Crippen molar-refractivity contribution in [3.63, 3.8) is 0 Å². The molecule has 0 heterocycles. The number of hydrogen-bond acceptors (Lipinski definition) is 4. The fourth-order valence-corrected chi connectivity index (χ4v) is 2.10. The summed E-state index contributed by atoms with van der Waals surface area (Å²) in [7, 11) is -1.88. The van der Waals surface area contributed by atoms with Gasteiger partial charge in [-0.1, -0.05) is 30.3 Å². The van der Waals surface area contributed by atoms with Crippen LogP contribution < -0.4 is 10.2 Å². The third-order valence-corrected chi connectivity index (χ3v) is 4.43. The summed E-state index contributed by atoms with van der Waals surface area (Å²) >= 11 is 0. The lowest BCUT2D eigenvalue weighted by Gasteiger charge is -2.38. The molecule has 0 unspecified atom stereocenters. The Morgan fingerprint density at radius 2 is 1.54 bits per heavy atom. The van der Waals surface area contributed by atoms with Crippen LogP contribution >= 0.6 is 0 Å². The first kappa shape index (κ1) is 20.4. The normalized spacial score (nSPS) is 12.2. The summed E-state index contributed by atoms with van der Waals surface area (Å²) in [5.74, 6) is -1.99. The fraction of sp³-hybridized carbons (Fsp3) is 0.368. The third kappa shape index (κ3) is 4.81. The molecule has 4 nitrogen and oxygen atoms in total. The lowest BCUT2D eigenvalue weighted by atomic mass is 9.75. The third-order valence-electron chi connectivity index (χ3n) is 4.43. The number of rotatable bonds is 7. The van der Waals surface area contributed by atoms with E-state index in [4.69, 9.17) is 9.39 Å². The van der Waals surface area contributed by atoms with Crippen molar-refractivity contribution >= 4 is 12.6 Å². The van der Waals surface area contributed by atoms with Gasteiger partial charge in [-0.05, 0) is 33.3 Å². The highest BCUT2D eigenvalue weighted by Gasteiger charge is 2.41. The van der Waals surface area contributed by atoms with E-state index in [-0.39, 0.29) is 12.4 Å². The summed E-state index contributed by atoms with van der Waals surface area (Å²) in [6.45, 7) is 6.15. The van der Waals surface area contributed by atoms with E-state index in [0.29, 0.717) is 0 Å². The van der Waals surface area contributed by atoms with Crippen LogP contribution in [0.1, 0.15) is 33.3 Å². The molecule has 0 saturated heterocycles. The van der Waals surface area contributed by atoms with Crippen LogP contribution in [0.15, 0.2) is 42.5 Å². The second-order valence-corrected chi connectivity index (χ2v) is 7.11. The maximum Gasteiger partial charge on any atom is 0.497 e. The lowest BCUT2D eigenvalue weighted by molar-refractivity contribution is -0.0984. The molecule has 26 heavy (non-hydrogen) atoms. The molecule has 0 aromatic heterocycles. The van der Waals surface area contributed by atoms with Gasteiger partial charge in [-0.15, -0.1) is 0 Å². The maximum atomic E-state index is 14.3. The van der Waals surface area contributed by atoms with Gasteiger partial charge >= 0.3 is 7.12 Å². The summed E-state index contributed by atoms with van der Waals surface area (Å²) in [6.07, 6.45) is 0. The van der Waals surface area contributed by atoms with Crippen molar-refractivity contribution in [2.75, 3.05) is 0 Å². The number of halogens is 2. The smallest absolute Gasteiger partial charge is 0.489 e. The van der Waals surface area contributed by atoms with Crippen molar-refractivity contribution in [1.82, 2.24) is 0 Å². The molecule has 2 rings (SSSR count). The van der Waals surface area contributed by atoms with Crippen LogP contribution in [0.2, 0.25) is 0 Å². The van der Waals surface area contributed by atoms with Crippen molar-refractivity contribution in [2.45, 2.75) is 45.5 Å². The van der Waals surface area contributed by atoms with Gasteiger partial charge in [0.1, 0.15) is 24.0 Å². The average molecular weight is 364 g/mol. The SMILES string of the molecule is CC(C)(O)C(C)(C)OB(O)c1c(F)cc(OCc2ccccc2)cc1F. The molecule has 0 aliphatic heterocycles. The van der Waals surface area contributed by atoms with E-state index in [0.717, 1.165) is 17.7 Å². The Balaban J connectivity index is 2.16. The monoisotopic (exact) mass is 364 g/mol. The Bertz CT molecular complexity index is 722. The predicted molar refractivity (Wildman–Crippen MR) is 96.2 cm³/mol. The van der Waals surface area contributed by atoms with Crippen LogP contribution in [0.4, 0.5) is 8.78 Å². The minimum absolute atomic E-state index is 0.00144. The van der Waals surface area contributed by atoms with Gasteiger partial charge in [0.25, 0.3) is 0 Å². The molecule has 7 heteroatoms. The zero-order valence-corrected chi connectivity index (χ0v) is 15.3. The first-order valence-corrected chi connectivity index (χ1v) is 8.25. The largest absolute Gasteiger partial charge is 0.497 e. The van der Waals surface area contributed by atoms with Gasteiger partial charge in [-0.25, -0.2) is 8.78 Å². The van der Waals surface area contributed by atoms with Gasteiger partial charge in [-0.3, -0.25) is 0 Å². The number of ether oxygens (including phenoxy) is 1. The van der Waals surface area contributed by atoms with Crippen molar-refractivity contribution < 1.29 is 28.3 Å². The zero-order chi connectivity index (χ0) is 19.5. The predicted octanol–water partition coefficient (Wildman–Crippen LogP) is 2.80. The van der Waals surface area contributed by atoms with Gasteiger partial charge < -0.3 is 19.5 Å². The number of aliphatic hydroxyl groups is 1. The zero-order valence-electron chi connectivity index (χ0n) is 15.3. The van der Waals surface area contributed by atoms with Crippen LogP contribution in [0, 0.1) is 11.6 Å². The Kier molecular flexibility index (Phi) is 6.06. The van der Waals surface area contributed by atoms with E-state index in [1.54, 1.807) is 0 Å². The molecule has 2 aromatic carbocycles. The molecule has 2 aromatic rings. The van der Waals surface area contributed by atoms with Gasteiger partial charge in [-0.2, -0.15) is 0 Å². The van der Waals surface area contributed by atoms with E-state index < -0.39 is 35.4 Å². The van der Waals surface area contributed by atoms with Crippen molar-refractivity contribution in [1.29, 1.82) is 0 Å². The lowest BCUT2D eigenvalue weighted by Crippen LogP contribution is -2.54. The highest BCUT2D eigenvalue weighted by atomic mass is 19.1. The molecule has 140 valence electrons. The second-order valence-electron chi connectivity index (χ2n) is 7.11. The topological polar surface area (TPSA) is 58.9 Å². The van der Waals surface area contributed by atoms with Crippen LogP contribution in [0.25, 0.3) is 0 Å². The fourth-order valence-electron chi connectivity index (χ4n) is 2.10. The van der Waals surface area contributed by atoms with Crippen molar-refractivity contribution in [2.24, 2.45) is 0 Å². The summed E-state index contributed by atoms with van der Waals surface area (Å²) in [5.41, 5.74) is -2.35. The molecular weight excluding hydrogens is 341 g/mol. The first-order chi connectivity index (χ1) is 12.0. The minimum atomic E-state index is -1.88. The van der Waals surface area contributed by atoms with Gasteiger partial charge in [0.05, 0.1) is 16.7 Å². The first-order valence-electron chi connectivity index (χ1n) is 8.25. The molecule has 0 spiro atoms. The second kappa shape index (κ2) is 7.74. The molecule has 0 fully saturated rings. The van der Waals surface area contributed by atoms with E-state index >= 15 is 0 Å². The molecule has 0 aliphatic rings.